The van der Waals surface area contributed by atoms with Gasteiger partial charge in [0.2, 0.25) is 0 Å². The number of hydrogen-bond acceptors (Lipinski definition) is 2. The molecule has 0 aromatic heterocycles. The molecule has 25 heavy (non-hydrogen) atoms. The molecule has 1 unspecified atom stereocenters. The summed E-state index contributed by atoms with van der Waals surface area (Å²) < 4.78 is 19.9. The molecule has 0 bridgehead atoms. The lowest BCUT2D eigenvalue weighted by molar-refractivity contribution is 0.100. The lowest BCUT2D eigenvalue weighted by Gasteiger charge is -2.29. The average molecular weight is 377 g/mol. The van der Waals surface area contributed by atoms with E-state index in [9.17, 15) is 9.00 Å². The van der Waals surface area contributed by atoms with Gasteiger partial charge in [-0.25, -0.2) is 8.51 Å². The molecule has 1 aliphatic heterocycles. The first-order chi connectivity index (χ1) is 12.0. The normalized spacial score (nSPS) is 17.7. The van der Waals surface area contributed by atoms with Crippen molar-refractivity contribution in [2.45, 2.75) is 31.1 Å². The van der Waals surface area contributed by atoms with Crippen LogP contribution in [-0.4, -0.2) is 27.5 Å². The van der Waals surface area contributed by atoms with Gasteiger partial charge in [0.1, 0.15) is 9.92 Å². The minimum atomic E-state index is -2.97. The van der Waals surface area contributed by atoms with Crippen LogP contribution in [0.3, 0.4) is 0 Å². The second-order valence-electron chi connectivity index (χ2n) is 6.20. The smallest absolute Gasteiger partial charge is 0.266 e. The quantitative estimate of drug-likeness (QED) is 0.778. The van der Waals surface area contributed by atoms with Crippen LogP contribution in [0.5, 0.6) is 0 Å². The average Bonchev–Trinajstić information content (AvgIpc) is 2.63. The highest BCUT2D eigenvalue weighted by Gasteiger charge is 2.26. The van der Waals surface area contributed by atoms with Gasteiger partial charge in [0.25, 0.3) is 5.91 Å². The van der Waals surface area contributed by atoms with Crippen LogP contribution in [0.1, 0.15) is 35.2 Å². The van der Waals surface area contributed by atoms with Crippen molar-refractivity contribution < 1.29 is 9.00 Å². The SMILES string of the molecule is Cc1ccc(S(=O)(=NC(=O)c2ccc(Cl)cc2)N2CCCCC2)cc1. The van der Waals surface area contributed by atoms with Crippen molar-refractivity contribution >= 4 is 27.4 Å². The number of hydrogen-bond donors (Lipinski definition) is 0. The Balaban J connectivity index is 2.06. The van der Waals surface area contributed by atoms with Crippen molar-refractivity contribution in [2.24, 2.45) is 4.36 Å². The predicted octanol–water partition coefficient (Wildman–Crippen LogP) is 4.72. The number of rotatable bonds is 3. The number of benzene rings is 2. The van der Waals surface area contributed by atoms with Gasteiger partial charge in [-0.15, -0.1) is 4.36 Å². The van der Waals surface area contributed by atoms with E-state index in [0.717, 1.165) is 24.8 Å². The molecule has 3 rings (SSSR count). The summed E-state index contributed by atoms with van der Waals surface area (Å²) in [5.74, 6) is -0.479. The summed E-state index contributed by atoms with van der Waals surface area (Å²) >= 11 is 5.88. The molecular weight excluding hydrogens is 356 g/mol. The molecular formula is C19H21ClN2O2S. The first-order valence-corrected chi connectivity index (χ1v) is 10.2. The standard InChI is InChI=1S/C19H21ClN2O2S/c1-15-5-11-18(12-6-15)25(24,22-13-3-2-4-14-22)21-19(23)16-7-9-17(20)10-8-16/h5-12H,2-4,13-14H2,1H3. The zero-order valence-corrected chi connectivity index (χ0v) is 15.7. The van der Waals surface area contributed by atoms with Crippen molar-refractivity contribution in [1.82, 2.24) is 4.31 Å². The Morgan fingerprint density at radius 3 is 2.20 bits per heavy atom. The minimum Gasteiger partial charge on any atom is -0.266 e. The maximum Gasteiger partial charge on any atom is 0.286 e. The van der Waals surface area contributed by atoms with Crippen LogP contribution in [0.4, 0.5) is 0 Å². The number of amides is 1. The monoisotopic (exact) mass is 376 g/mol. The number of halogens is 1. The van der Waals surface area contributed by atoms with Gasteiger partial charge in [-0.3, -0.25) is 4.79 Å². The van der Waals surface area contributed by atoms with E-state index in [0.29, 0.717) is 28.6 Å². The summed E-state index contributed by atoms with van der Waals surface area (Å²) in [4.78, 5) is 13.2. The first-order valence-electron chi connectivity index (χ1n) is 8.38. The topological polar surface area (TPSA) is 49.7 Å². The Labute approximate surface area is 154 Å². The number of aryl methyl sites for hydroxylation is 1. The van der Waals surface area contributed by atoms with E-state index in [-0.39, 0.29) is 0 Å². The Morgan fingerprint density at radius 2 is 1.60 bits per heavy atom. The van der Waals surface area contributed by atoms with Crippen molar-refractivity contribution in [2.75, 3.05) is 13.1 Å². The molecule has 1 saturated heterocycles. The lowest BCUT2D eigenvalue weighted by atomic mass is 10.2. The third-order valence-electron chi connectivity index (χ3n) is 4.29. The molecule has 0 N–H and O–H groups in total. The van der Waals surface area contributed by atoms with Gasteiger partial charge in [-0.05, 0) is 56.2 Å². The number of piperidine rings is 1. The second kappa shape index (κ2) is 7.68. The molecule has 0 saturated carbocycles. The van der Waals surface area contributed by atoms with Gasteiger partial charge >= 0.3 is 0 Å². The maximum atomic E-state index is 13.8. The highest BCUT2D eigenvalue weighted by Crippen LogP contribution is 2.24. The molecule has 0 spiro atoms. The fraction of sp³-hybridized carbons (Fsp3) is 0.316. The van der Waals surface area contributed by atoms with Gasteiger partial charge in [-0.1, -0.05) is 35.7 Å². The van der Waals surface area contributed by atoms with E-state index in [4.69, 9.17) is 11.6 Å². The Kier molecular flexibility index (Phi) is 5.57. The molecule has 4 nitrogen and oxygen atoms in total. The van der Waals surface area contributed by atoms with Crippen molar-refractivity contribution in [3.63, 3.8) is 0 Å². The van der Waals surface area contributed by atoms with Gasteiger partial charge in [0, 0.05) is 23.7 Å². The van der Waals surface area contributed by atoms with E-state index in [1.54, 1.807) is 24.3 Å². The van der Waals surface area contributed by atoms with Crippen molar-refractivity contribution in [3.8, 4) is 0 Å². The van der Waals surface area contributed by atoms with Crippen LogP contribution >= 0.6 is 11.6 Å². The van der Waals surface area contributed by atoms with E-state index in [1.165, 1.54) is 0 Å². The van der Waals surface area contributed by atoms with Crippen LogP contribution in [0.15, 0.2) is 57.8 Å². The van der Waals surface area contributed by atoms with E-state index < -0.39 is 15.8 Å². The third-order valence-corrected chi connectivity index (χ3v) is 6.91. The molecule has 132 valence electrons. The molecule has 1 atom stereocenters. The molecule has 0 radical (unpaired) electrons. The molecule has 1 fully saturated rings. The molecule has 2 aromatic carbocycles. The van der Waals surface area contributed by atoms with Crippen molar-refractivity contribution in [3.05, 3.63) is 64.7 Å². The maximum absolute atomic E-state index is 13.8. The summed E-state index contributed by atoms with van der Waals surface area (Å²) in [7, 11) is -2.97. The fourth-order valence-electron chi connectivity index (χ4n) is 2.84. The minimum absolute atomic E-state index is 0.390. The largest absolute Gasteiger partial charge is 0.286 e. The summed E-state index contributed by atoms with van der Waals surface area (Å²) in [5, 5.41) is 0.548. The van der Waals surface area contributed by atoms with Gasteiger partial charge in [-0.2, -0.15) is 0 Å². The molecule has 2 aromatic rings. The zero-order valence-electron chi connectivity index (χ0n) is 14.2. The summed E-state index contributed by atoms with van der Waals surface area (Å²) in [6.45, 7) is 3.34. The van der Waals surface area contributed by atoms with Gasteiger partial charge in [0.15, 0.2) is 0 Å². The number of nitrogens with zero attached hydrogens (tertiary/aromatic N) is 2. The van der Waals surface area contributed by atoms with E-state index >= 15 is 0 Å². The fourth-order valence-corrected chi connectivity index (χ4v) is 5.06. The molecule has 0 aliphatic carbocycles. The molecule has 6 heteroatoms. The Bertz CT molecular complexity index is 863. The van der Waals surface area contributed by atoms with Crippen molar-refractivity contribution in [1.29, 1.82) is 0 Å². The second-order valence-corrected chi connectivity index (χ2v) is 8.80. The Morgan fingerprint density at radius 1 is 1.00 bits per heavy atom. The van der Waals surface area contributed by atoms with E-state index in [1.807, 2.05) is 35.5 Å². The van der Waals surface area contributed by atoms with Crippen LogP contribution in [0.2, 0.25) is 5.02 Å². The van der Waals surface area contributed by atoms with Crippen LogP contribution < -0.4 is 0 Å². The first kappa shape index (κ1) is 18.1. The third kappa shape index (κ3) is 4.11. The molecule has 1 amide bonds. The van der Waals surface area contributed by atoms with Crippen LogP contribution in [0.25, 0.3) is 0 Å². The van der Waals surface area contributed by atoms with Gasteiger partial charge in [0.05, 0.1) is 4.90 Å². The van der Waals surface area contributed by atoms with Crippen LogP contribution in [-0.2, 0) is 9.92 Å². The highest BCUT2D eigenvalue weighted by atomic mass is 35.5. The van der Waals surface area contributed by atoms with Gasteiger partial charge < -0.3 is 0 Å². The molecule has 1 aliphatic rings. The highest BCUT2D eigenvalue weighted by molar-refractivity contribution is 7.91. The molecule has 1 heterocycles. The summed E-state index contributed by atoms with van der Waals surface area (Å²) in [5.41, 5.74) is 1.47. The number of carbonyl (C=O) groups is 1. The predicted molar refractivity (Wildman–Crippen MR) is 101 cm³/mol. The Hall–Kier alpha value is -1.69. The zero-order chi connectivity index (χ0) is 17.9. The van der Waals surface area contributed by atoms with Crippen LogP contribution in [0, 0.1) is 6.92 Å². The van der Waals surface area contributed by atoms with E-state index in [2.05, 4.69) is 4.36 Å². The number of carbonyl (C=O) groups excluding carboxylic acids is 1. The summed E-state index contributed by atoms with van der Waals surface area (Å²) in [6.07, 6.45) is 3.05. The summed E-state index contributed by atoms with van der Waals surface area (Å²) in [6, 6.07) is 13.9. The lowest BCUT2D eigenvalue weighted by Crippen LogP contribution is -2.36.